The highest BCUT2D eigenvalue weighted by molar-refractivity contribution is 5.72. The van der Waals surface area contributed by atoms with Crippen molar-refractivity contribution >= 4 is 11.1 Å². The SMILES string of the molecule is CNCNCCc1ccc2[nH]c(=O)oc2c1. The number of rotatable bonds is 5. The lowest BCUT2D eigenvalue weighted by Crippen LogP contribution is -2.27. The van der Waals surface area contributed by atoms with Crippen LogP contribution in [-0.2, 0) is 6.42 Å². The van der Waals surface area contributed by atoms with Gasteiger partial charge in [-0.3, -0.25) is 4.98 Å². The number of oxazole rings is 1. The summed E-state index contributed by atoms with van der Waals surface area (Å²) in [6, 6.07) is 5.76. The van der Waals surface area contributed by atoms with Crippen molar-refractivity contribution < 1.29 is 4.42 Å². The first-order valence-electron chi connectivity index (χ1n) is 5.26. The number of nitrogens with one attached hydrogen (secondary N) is 3. The van der Waals surface area contributed by atoms with E-state index in [9.17, 15) is 4.79 Å². The van der Waals surface area contributed by atoms with E-state index in [1.807, 2.05) is 25.2 Å². The molecule has 5 nitrogen and oxygen atoms in total. The van der Waals surface area contributed by atoms with E-state index in [1.165, 1.54) is 0 Å². The van der Waals surface area contributed by atoms with Gasteiger partial charge >= 0.3 is 5.76 Å². The summed E-state index contributed by atoms with van der Waals surface area (Å²) in [5.74, 6) is -0.402. The van der Waals surface area contributed by atoms with Crippen LogP contribution >= 0.6 is 0 Å². The topological polar surface area (TPSA) is 70.1 Å². The molecule has 16 heavy (non-hydrogen) atoms. The van der Waals surface area contributed by atoms with Crippen LogP contribution in [0.4, 0.5) is 0 Å². The van der Waals surface area contributed by atoms with Crippen molar-refractivity contribution in [2.24, 2.45) is 0 Å². The predicted octanol–water partition coefficient (Wildman–Crippen LogP) is 0.430. The first-order chi connectivity index (χ1) is 7.79. The highest BCUT2D eigenvalue weighted by atomic mass is 16.4. The summed E-state index contributed by atoms with van der Waals surface area (Å²) < 4.78 is 4.99. The van der Waals surface area contributed by atoms with Gasteiger partial charge in [-0.1, -0.05) is 6.07 Å². The second-order valence-corrected chi connectivity index (χ2v) is 3.63. The number of benzene rings is 1. The van der Waals surface area contributed by atoms with Crippen LogP contribution < -0.4 is 16.4 Å². The largest absolute Gasteiger partial charge is 0.417 e. The molecule has 0 unspecified atom stereocenters. The predicted molar refractivity (Wildman–Crippen MR) is 62.5 cm³/mol. The van der Waals surface area contributed by atoms with Gasteiger partial charge in [0.15, 0.2) is 5.58 Å². The lowest BCUT2D eigenvalue weighted by atomic mass is 10.1. The van der Waals surface area contributed by atoms with Crippen molar-refractivity contribution in [1.82, 2.24) is 15.6 Å². The minimum absolute atomic E-state index is 0.402. The lowest BCUT2D eigenvalue weighted by Gasteiger charge is -2.03. The van der Waals surface area contributed by atoms with E-state index in [1.54, 1.807) is 0 Å². The van der Waals surface area contributed by atoms with Crippen LogP contribution in [0.2, 0.25) is 0 Å². The van der Waals surface area contributed by atoms with Crippen LogP contribution in [0.3, 0.4) is 0 Å². The van der Waals surface area contributed by atoms with E-state index >= 15 is 0 Å². The van der Waals surface area contributed by atoms with Crippen molar-refractivity contribution in [2.45, 2.75) is 6.42 Å². The Morgan fingerprint density at radius 2 is 2.31 bits per heavy atom. The van der Waals surface area contributed by atoms with Gasteiger partial charge in [0.05, 0.1) is 5.52 Å². The zero-order valence-corrected chi connectivity index (χ0v) is 9.17. The molecule has 0 aliphatic heterocycles. The molecular weight excluding hydrogens is 206 g/mol. The summed E-state index contributed by atoms with van der Waals surface area (Å²) in [6.45, 7) is 1.68. The van der Waals surface area contributed by atoms with Crippen molar-refractivity contribution in [3.63, 3.8) is 0 Å². The molecule has 0 aliphatic rings. The minimum atomic E-state index is -0.402. The summed E-state index contributed by atoms with van der Waals surface area (Å²) in [7, 11) is 1.90. The van der Waals surface area contributed by atoms with Crippen molar-refractivity contribution in [3.05, 3.63) is 34.3 Å². The van der Waals surface area contributed by atoms with Crippen molar-refractivity contribution in [3.8, 4) is 0 Å². The molecule has 0 saturated heterocycles. The van der Waals surface area contributed by atoms with E-state index < -0.39 is 5.76 Å². The van der Waals surface area contributed by atoms with Crippen LogP contribution in [0.5, 0.6) is 0 Å². The average molecular weight is 221 g/mol. The standard InChI is InChI=1S/C11H15N3O2/c1-12-7-13-5-4-8-2-3-9-10(6-8)16-11(15)14-9/h2-3,6,12-13H,4-5,7H2,1H3,(H,14,15). The monoisotopic (exact) mass is 221 g/mol. The molecule has 0 fully saturated rings. The van der Waals surface area contributed by atoms with Gasteiger partial charge in [-0.2, -0.15) is 0 Å². The molecule has 1 heterocycles. The molecular formula is C11H15N3O2. The Morgan fingerprint density at radius 1 is 1.44 bits per heavy atom. The van der Waals surface area contributed by atoms with E-state index in [0.29, 0.717) is 5.58 Å². The van der Waals surface area contributed by atoms with Crippen LogP contribution in [0.1, 0.15) is 5.56 Å². The van der Waals surface area contributed by atoms with Gasteiger partial charge in [-0.25, -0.2) is 4.79 Å². The number of H-pyrrole nitrogens is 1. The highest BCUT2D eigenvalue weighted by Gasteiger charge is 2.01. The van der Waals surface area contributed by atoms with Crippen LogP contribution in [0.15, 0.2) is 27.4 Å². The molecule has 0 bridgehead atoms. The van der Waals surface area contributed by atoms with E-state index in [4.69, 9.17) is 4.42 Å². The summed E-state index contributed by atoms with van der Waals surface area (Å²) in [4.78, 5) is 13.6. The van der Waals surface area contributed by atoms with Crippen LogP contribution in [0, 0.1) is 0 Å². The normalized spacial score (nSPS) is 11.1. The second-order valence-electron chi connectivity index (χ2n) is 3.63. The van der Waals surface area contributed by atoms with Gasteiger partial charge in [0.1, 0.15) is 0 Å². The Bertz CT molecular complexity index is 515. The van der Waals surface area contributed by atoms with Crippen molar-refractivity contribution in [2.75, 3.05) is 20.3 Å². The maximum absolute atomic E-state index is 11.0. The molecule has 3 N–H and O–H groups in total. The first kappa shape index (κ1) is 10.9. The molecule has 2 rings (SSSR count). The first-order valence-corrected chi connectivity index (χ1v) is 5.26. The third-order valence-corrected chi connectivity index (χ3v) is 2.38. The van der Waals surface area contributed by atoms with Gasteiger partial charge < -0.3 is 15.1 Å². The Hall–Kier alpha value is -1.59. The molecule has 0 amide bonds. The number of aromatic amines is 1. The Labute approximate surface area is 92.8 Å². The fourth-order valence-electron chi connectivity index (χ4n) is 1.59. The van der Waals surface area contributed by atoms with Gasteiger partial charge in [-0.05, 0) is 31.2 Å². The quantitative estimate of drug-likeness (QED) is 0.506. The smallest absolute Gasteiger partial charge is 0.408 e. The van der Waals surface area contributed by atoms with Crippen LogP contribution in [0.25, 0.3) is 11.1 Å². The molecule has 1 aromatic heterocycles. The third kappa shape index (κ3) is 2.50. The number of fused-ring (bicyclic) bond motifs is 1. The molecule has 0 radical (unpaired) electrons. The zero-order valence-electron chi connectivity index (χ0n) is 9.17. The van der Waals surface area contributed by atoms with Gasteiger partial charge in [0.2, 0.25) is 0 Å². The fourth-order valence-corrected chi connectivity index (χ4v) is 1.59. The molecule has 0 aliphatic carbocycles. The van der Waals surface area contributed by atoms with E-state index in [-0.39, 0.29) is 0 Å². The van der Waals surface area contributed by atoms with Gasteiger partial charge in [0.25, 0.3) is 0 Å². The van der Waals surface area contributed by atoms with Crippen molar-refractivity contribution in [1.29, 1.82) is 0 Å². The molecule has 86 valence electrons. The van der Waals surface area contributed by atoms with E-state index in [2.05, 4.69) is 15.6 Å². The number of hydrogen-bond donors (Lipinski definition) is 3. The summed E-state index contributed by atoms with van der Waals surface area (Å²) in [5, 5.41) is 6.24. The molecule has 0 spiro atoms. The molecule has 0 saturated carbocycles. The van der Waals surface area contributed by atoms with Gasteiger partial charge in [0, 0.05) is 13.2 Å². The zero-order chi connectivity index (χ0) is 11.4. The average Bonchev–Trinajstić information content (AvgIpc) is 2.64. The third-order valence-electron chi connectivity index (χ3n) is 2.38. The Balaban J connectivity index is 2.04. The maximum atomic E-state index is 11.0. The molecule has 0 atom stereocenters. The Morgan fingerprint density at radius 3 is 3.12 bits per heavy atom. The van der Waals surface area contributed by atoms with E-state index in [0.717, 1.165) is 30.7 Å². The summed E-state index contributed by atoms with van der Waals surface area (Å²) in [6.07, 6.45) is 0.909. The molecule has 5 heteroatoms. The Kier molecular flexibility index (Phi) is 3.38. The number of hydrogen-bond acceptors (Lipinski definition) is 4. The highest BCUT2D eigenvalue weighted by Crippen LogP contribution is 2.12. The second kappa shape index (κ2) is 4.96. The fraction of sp³-hybridized carbons (Fsp3) is 0.364. The molecule has 2 aromatic rings. The summed E-state index contributed by atoms with van der Waals surface area (Å²) in [5.41, 5.74) is 2.52. The number of aromatic nitrogens is 1. The van der Waals surface area contributed by atoms with Crippen LogP contribution in [-0.4, -0.2) is 25.2 Å². The molecule has 1 aromatic carbocycles. The maximum Gasteiger partial charge on any atom is 0.417 e. The summed E-state index contributed by atoms with van der Waals surface area (Å²) >= 11 is 0. The van der Waals surface area contributed by atoms with Gasteiger partial charge in [-0.15, -0.1) is 0 Å². The minimum Gasteiger partial charge on any atom is -0.408 e. The lowest BCUT2D eigenvalue weighted by molar-refractivity contribution is 0.555.